The van der Waals surface area contributed by atoms with Crippen LogP contribution in [0.5, 0.6) is 5.75 Å². The number of esters is 1. The fourth-order valence-electron chi connectivity index (χ4n) is 2.75. The van der Waals surface area contributed by atoms with E-state index >= 15 is 0 Å². The molecule has 0 saturated carbocycles. The zero-order valence-electron chi connectivity index (χ0n) is 17.3. The minimum Gasteiger partial charge on any atom is -0.488 e. The van der Waals surface area contributed by atoms with Crippen molar-refractivity contribution < 1.29 is 28.2 Å². The molecule has 0 radical (unpaired) electrons. The van der Waals surface area contributed by atoms with Gasteiger partial charge in [0, 0.05) is 18.3 Å². The number of ether oxygens (including phenoxy) is 2. The van der Waals surface area contributed by atoms with Crippen molar-refractivity contribution in [3.63, 3.8) is 0 Å². The number of para-hydroxylation sites is 1. The number of nitrogens with one attached hydrogen (secondary N) is 2. The smallest absolute Gasteiger partial charge is 0.342 e. The molecule has 0 saturated heterocycles. The standard InChI is InChI=1S/C24H21FN2O5/c1-16(28)26-19-10-12-20(13-11-19)27-23(29)15-32-24(30)21-4-2-3-5-22(21)31-14-17-6-8-18(25)9-7-17/h2-13H,14-15H2,1H3,(H,26,28)(H,27,29). The highest BCUT2D eigenvalue weighted by atomic mass is 19.1. The van der Waals surface area contributed by atoms with Crippen LogP contribution in [0.25, 0.3) is 0 Å². The van der Waals surface area contributed by atoms with Gasteiger partial charge >= 0.3 is 5.97 Å². The van der Waals surface area contributed by atoms with Gasteiger partial charge in [-0.3, -0.25) is 9.59 Å². The van der Waals surface area contributed by atoms with Crippen LogP contribution in [0.15, 0.2) is 72.8 Å². The van der Waals surface area contributed by atoms with E-state index in [9.17, 15) is 18.8 Å². The SMILES string of the molecule is CC(=O)Nc1ccc(NC(=O)COC(=O)c2ccccc2OCc2ccc(F)cc2)cc1. The van der Waals surface area contributed by atoms with Crippen molar-refractivity contribution in [2.24, 2.45) is 0 Å². The molecule has 2 N–H and O–H groups in total. The predicted molar refractivity (Wildman–Crippen MR) is 117 cm³/mol. The third kappa shape index (κ3) is 6.66. The number of amides is 2. The maximum absolute atomic E-state index is 13.0. The van der Waals surface area contributed by atoms with Crippen LogP contribution in [-0.4, -0.2) is 24.4 Å². The Morgan fingerprint density at radius 2 is 1.47 bits per heavy atom. The summed E-state index contributed by atoms with van der Waals surface area (Å²) in [4.78, 5) is 35.6. The summed E-state index contributed by atoms with van der Waals surface area (Å²) in [5.41, 5.74) is 1.99. The van der Waals surface area contributed by atoms with E-state index in [-0.39, 0.29) is 29.6 Å². The maximum atomic E-state index is 13.0. The number of rotatable bonds is 8. The lowest BCUT2D eigenvalue weighted by Gasteiger charge is -2.12. The van der Waals surface area contributed by atoms with E-state index in [1.54, 1.807) is 54.6 Å². The molecule has 8 heteroatoms. The number of carbonyl (C=O) groups excluding carboxylic acids is 3. The molecule has 0 spiro atoms. The highest BCUT2D eigenvalue weighted by Gasteiger charge is 2.15. The van der Waals surface area contributed by atoms with Crippen molar-refractivity contribution in [2.45, 2.75) is 13.5 Å². The minimum absolute atomic E-state index is 0.138. The Morgan fingerprint density at radius 3 is 2.12 bits per heavy atom. The van der Waals surface area contributed by atoms with Crippen LogP contribution in [0.1, 0.15) is 22.8 Å². The van der Waals surface area contributed by atoms with E-state index in [0.717, 1.165) is 5.56 Å². The molecule has 0 fully saturated rings. The van der Waals surface area contributed by atoms with Gasteiger partial charge in [0.15, 0.2) is 6.61 Å². The molecule has 0 aliphatic heterocycles. The van der Waals surface area contributed by atoms with Crippen LogP contribution in [0.3, 0.4) is 0 Å². The number of benzene rings is 3. The van der Waals surface area contributed by atoms with Gasteiger partial charge in [-0.25, -0.2) is 9.18 Å². The molecular formula is C24H21FN2O5. The molecule has 0 atom stereocenters. The summed E-state index contributed by atoms with van der Waals surface area (Å²) in [5, 5.41) is 5.23. The van der Waals surface area contributed by atoms with Gasteiger partial charge in [-0.1, -0.05) is 24.3 Å². The minimum atomic E-state index is -0.712. The van der Waals surface area contributed by atoms with Crippen molar-refractivity contribution >= 4 is 29.2 Å². The lowest BCUT2D eigenvalue weighted by Crippen LogP contribution is -2.21. The molecule has 0 bridgehead atoms. The van der Waals surface area contributed by atoms with Crippen LogP contribution in [-0.2, 0) is 20.9 Å². The summed E-state index contributed by atoms with van der Waals surface area (Å²) in [5.74, 6) is -1.49. The largest absolute Gasteiger partial charge is 0.488 e. The van der Waals surface area contributed by atoms with Crippen LogP contribution in [0.2, 0.25) is 0 Å². The van der Waals surface area contributed by atoms with Crippen molar-refractivity contribution in [1.29, 1.82) is 0 Å². The van der Waals surface area contributed by atoms with E-state index in [1.165, 1.54) is 25.1 Å². The molecule has 0 unspecified atom stereocenters. The second-order valence-electron chi connectivity index (χ2n) is 6.79. The molecular weight excluding hydrogens is 415 g/mol. The number of anilines is 2. The Labute approximate surface area is 184 Å². The van der Waals surface area contributed by atoms with Gasteiger partial charge in [-0.15, -0.1) is 0 Å². The first-order valence-corrected chi connectivity index (χ1v) is 9.71. The average Bonchev–Trinajstić information content (AvgIpc) is 2.78. The molecule has 3 rings (SSSR count). The lowest BCUT2D eigenvalue weighted by atomic mass is 10.2. The highest BCUT2D eigenvalue weighted by Crippen LogP contribution is 2.21. The van der Waals surface area contributed by atoms with Gasteiger partial charge in [0.05, 0.1) is 0 Å². The first kappa shape index (κ1) is 22.5. The molecule has 0 aliphatic rings. The molecule has 2 amide bonds. The Bertz CT molecular complexity index is 1100. The van der Waals surface area contributed by atoms with Gasteiger partial charge in [-0.05, 0) is 54.1 Å². The van der Waals surface area contributed by atoms with Crippen LogP contribution >= 0.6 is 0 Å². The monoisotopic (exact) mass is 436 g/mol. The molecule has 3 aromatic carbocycles. The molecule has 0 aliphatic carbocycles. The van der Waals surface area contributed by atoms with E-state index in [4.69, 9.17) is 9.47 Å². The van der Waals surface area contributed by atoms with Crippen LogP contribution < -0.4 is 15.4 Å². The van der Waals surface area contributed by atoms with Crippen molar-refractivity contribution in [3.8, 4) is 5.75 Å². The topological polar surface area (TPSA) is 93.7 Å². The summed E-state index contributed by atoms with van der Waals surface area (Å²) < 4.78 is 23.8. The lowest BCUT2D eigenvalue weighted by molar-refractivity contribution is -0.119. The van der Waals surface area contributed by atoms with Crippen LogP contribution in [0, 0.1) is 5.82 Å². The Morgan fingerprint density at radius 1 is 0.844 bits per heavy atom. The van der Waals surface area contributed by atoms with E-state index < -0.39 is 18.5 Å². The molecule has 0 aromatic heterocycles. The van der Waals surface area contributed by atoms with Gasteiger partial charge in [0.1, 0.15) is 23.7 Å². The zero-order valence-corrected chi connectivity index (χ0v) is 17.3. The van der Waals surface area contributed by atoms with E-state index in [1.807, 2.05) is 0 Å². The quantitative estimate of drug-likeness (QED) is 0.517. The van der Waals surface area contributed by atoms with Crippen molar-refractivity contribution in [2.75, 3.05) is 17.2 Å². The summed E-state index contributed by atoms with van der Waals surface area (Å²) >= 11 is 0. The van der Waals surface area contributed by atoms with E-state index in [2.05, 4.69) is 10.6 Å². The summed E-state index contributed by atoms with van der Waals surface area (Å²) in [7, 11) is 0. The first-order valence-electron chi connectivity index (χ1n) is 9.71. The van der Waals surface area contributed by atoms with Gasteiger partial charge < -0.3 is 20.1 Å². The molecule has 0 heterocycles. The Hall–Kier alpha value is -4.20. The third-order valence-corrected chi connectivity index (χ3v) is 4.24. The van der Waals surface area contributed by atoms with Gasteiger partial charge in [0.25, 0.3) is 5.91 Å². The number of hydrogen-bond donors (Lipinski definition) is 2. The molecule has 7 nitrogen and oxygen atoms in total. The third-order valence-electron chi connectivity index (χ3n) is 4.24. The Kier molecular flexibility index (Phi) is 7.53. The molecule has 164 valence electrons. The second kappa shape index (κ2) is 10.7. The normalized spacial score (nSPS) is 10.2. The molecule has 32 heavy (non-hydrogen) atoms. The summed E-state index contributed by atoms with van der Waals surface area (Å²) in [6.45, 7) is 1.05. The fraction of sp³-hybridized carbons (Fsp3) is 0.125. The number of hydrogen-bond acceptors (Lipinski definition) is 5. The van der Waals surface area contributed by atoms with Gasteiger partial charge in [-0.2, -0.15) is 0 Å². The summed E-state index contributed by atoms with van der Waals surface area (Å²) in [6.07, 6.45) is 0. The zero-order chi connectivity index (χ0) is 22.9. The second-order valence-corrected chi connectivity index (χ2v) is 6.79. The maximum Gasteiger partial charge on any atom is 0.342 e. The predicted octanol–water partition coefficient (Wildman–Crippen LogP) is 4.16. The van der Waals surface area contributed by atoms with Gasteiger partial charge in [0.2, 0.25) is 5.91 Å². The van der Waals surface area contributed by atoms with Crippen molar-refractivity contribution in [3.05, 3.63) is 89.7 Å². The number of halogens is 1. The first-order chi connectivity index (χ1) is 15.4. The number of carbonyl (C=O) groups is 3. The van der Waals surface area contributed by atoms with E-state index in [0.29, 0.717) is 11.4 Å². The Balaban J connectivity index is 1.53. The fourth-order valence-corrected chi connectivity index (χ4v) is 2.75. The van der Waals surface area contributed by atoms with Crippen LogP contribution in [0.4, 0.5) is 15.8 Å². The van der Waals surface area contributed by atoms with Crippen molar-refractivity contribution in [1.82, 2.24) is 0 Å². The highest BCUT2D eigenvalue weighted by molar-refractivity contribution is 5.97. The molecule has 3 aromatic rings. The summed E-state index contributed by atoms with van der Waals surface area (Å²) in [6, 6.07) is 18.8. The average molecular weight is 436 g/mol.